The molecular weight excluding hydrogens is 348 g/mol. The van der Waals surface area contributed by atoms with Gasteiger partial charge in [0.15, 0.2) is 5.11 Å². The van der Waals surface area contributed by atoms with Crippen molar-refractivity contribution in [3.05, 3.63) is 71.2 Å². The molecule has 1 aliphatic heterocycles. The van der Waals surface area contributed by atoms with Crippen molar-refractivity contribution in [1.29, 1.82) is 0 Å². The number of thiocarbonyl (C=S) groups is 1. The summed E-state index contributed by atoms with van der Waals surface area (Å²) >= 11 is 11.0. The maximum Gasteiger partial charge on any atom is 0.270 e. The summed E-state index contributed by atoms with van der Waals surface area (Å²) in [5.74, 6) is -0.435. The van der Waals surface area contributed by atoms with Gasteiger partial charge in [-0.05, 0) is 60.8 Å². The molecule has 1 aromatic heterocycles. The van der Waals surface area contributed by atoms with Crippen LogP contribution < -0.4 is 10.2 Å². The summed E-state index contributed by atoms with van der Waals surface area (Å²) < 4.78 is 5.15. The number of furan rings is 1. The predicted molar refractivity (Wildman–Crippen MR) is 95.5 cm³/mol. The Labute approximate surface area is 148 Å². The Morgan fingerprint density at radius 3 is 2.58 bits per heavy atom. The van der Waals surface area contributed by atoms with Crippen molar-refractivity contribution >= 4 is 52.5 Å². The molecule has 0 aliphatic carbocycles. The van der Waals surface area contributed by atoms with Gasteiger partial charge < -0.3 is 4.42 Å². The molecule has 1 saturated heterocycles. The molecule has 0 atom stereocenters. The molecule has 1 fully saturated rings. The monoisotopic (exact) mass is 358 g/mol. The summed E-state index contributed by atoms with van der Waals surface area (Å²) in [6, 6.07) is 10.1. The summed E-state index contributed by atoms with van der Waals surface area (Å²) in [4.78, 5) is 25.9. The fourth-order valence-electron chi connectivity index (χ4n) is 2.13. The lowest BCUT2D eigenvalue weighted by Gasteiger charge is -2.28. The number of carbonyl (C=O) groups excluding carboxylic acids is 2. The van der Waals surface area contributed by atoms with Gasteiger partial charge in [0.1, 0.15) is 11.3 Å². The van der Waals surface area contributed by atoms with Gasteiger partial charge in [0, 0.05) is 5.02 Å². The number of anilines is 1. The quantitative estimate of drug-likeness (QED) is 0.519. The second kappa shape index (κ2) is 6.82. The SMILES string of the molecule is O=C1NC(=S)N(c2ccc(Cl)cc2)C(=O)/C1=C\C=C\c1ccco1. The van der Waals surface area contributed by atoms with Crippen LogP contribution in [0.3, 0.4) is 0 Å². The molecule has 0 bridgehead atoms. The van der Waals surface area contributed by atoms with Crippen LogP contribution in [0.2, 0.25) is 5.02 Å². The highest BCUT2D eigenvalue weighted by molar-refractivity contribution is 7.80. The number of amides is 2. The molecule has 1 N–H and O–H groups in total. The highest BCUT2D eigenvalue weighted by Gasteiger charge is 2.33. The van der Waals surface area contributed by atoms with Crippen molar-refractivity contribution in [1.82, 2.24) is 5.32 Å². The third-order valence-electron chi connectivity index (χ3n) is 3.25. The molecule has 24 heavy (non-hydrogen) atoms. The summed E-state index contributed by atoms with van der Waals surface area (Å²) in [7, 11) is 0. The van der Waals surface area contributed by atoms with Crippen LogP contribution in [0.5, 0.6) is 0 Å². The van der Waals surface area contributed by atoms with Gasteiger partial charge in [0.2, 0.25) is 0 Å². The number of nitrogens with zero attached hydrogens (tertiary/aromatic N) is 1. The number of hydrogen-bond acceptors (Lipinski definition) is 4. The van der Waals surface area contributed by atoms with Crippen LogP contribution in [0, 0.1) is 0 Å². The maximum atomic E-state index is 12.6. The molecule has 1 aliphatic rings. The first-order chi connectivity index (χ1) is 11.6. The normalized spacial score (nSPS) is 17.0. The Kier molecular flexibility index (Phi) is 4.59. The summed E-state index contributed by atoms with van der Waals surface area (Å²) in [6.45, 7) is 0. The third-order valence-corrected chi connectivity index (χ3v) is 3.79. The van der Waals surface area contributed by atoms with Gasteiger partial charge in [0.05, 0.1) is 12.0 Å². The van der Waals surface area contributed by atoms with Gasteiger partial charge in [-0.1, -0.05) is 17.7 Å². The number of hydrogen-bond donors (Lipinski definition) is 1. The van der Waals surface area contributed by atoms with E-state index >= 15 is 0 Å². The fraction of sp³-hybridized carbons (Fsp3) is 0. The van der Waals surface area contributed by atoms with Crippen molar-refractivity contribution in [2.75, 3.05) is 4.90 Å². The molecule has 0 radical (unpaired) electrons. The van der Waals surface area contributed by atoms with Crippen molar-refractivity contribution in [2.45, 2.75) is 0 Å². The molecule has 2 amide bonds. The van der Waals surface area contributed by atoms with Crippen LogP contribution in [0.1, 0.15) is 5.76 Å². The maximum absolute atomic E-state index is 12.6. The van der Waals surface area contributed by atoms with Gasteiger partial charge in [-0.15, -0.1) is 0 Å². The second-order valence-electron chi connectivity index (χ2n) is 4.83. The van der Waals surface area contributed by atoms with Crippen LogP contribution in [0.4, 0.5) is 5.69 Å². The van der Waals surface area contributed by atoms with E-state index in [2.05, 4.69) is 5.32 Å². The number of carbonyl (C=O) groups is 2. The van der Waals surface area contributed by atoms with Gasteiger partial charge in [-0.3, -0.25) is 19.8 Å². The number of benzene rings is 1. The molecule has 0 unspecified atom stereocenters. The van der Waals surface area contributed by atoms with E-state index in [0.717, 1.165) is 0 Å². The number of allylic oxidation sites excluding steroid dienone is 2. The van der Waals surface area contributed by atoms with Crippen molar-refractivity contribution in [3.8, 4) is 0 Å². The van der Waals surface area contributed by atoms with Crippen LogP contribution in [0.15, 0.2) is 64.8 Å². The lowest BCUT2D eigenvalue weighted by atomic mass is 10.1. The largest absolute Gasteiger partial charge is 0.465 e. The Morgan fingerprint density at radius 1 is 1.17 bits per heavy atom. The molecule has 0 spiro atoms. The minimum Gasteiger partial charge on any atom is -0.465 e. The van der Waals surface area contributed by atoms with E-state index in [1.54, 1.807) is 48.6 Å². The van der Waals surface area contributed by atoms with E-state index in [9.17, 15) is 9.59 Å². The lowest BCUT2D eigenvalue weighted by molar-refractivity contribution is -0.122. The zero-order valence-electron chi connectivity index (χ0n) is 12.2. The molecule has 0 saturated carbocycles. The van der Waals surface area contributed by atoms with Gasteiger partial charge >= 0.3 is 0 Å². The Balaban J connectivity index is 1.89. The zero-order chi connectivity index (χ0) is 17.1. The van der Waals surface area contributed by atoms with Crippen LogP contribution >= 0.6 is 23.8 Å². The van der Waals surface area contributed by atoms with Crippen molar-refractivity contribution in [3.63, 3.8) is 0 Å². The van der Waals surface area contributed by atoms with Crippen LogP contribution in [0.25, 0.3) is 6.08 Å². The molecule has 5 nitrogen and oxygen atoms in total. The van der Waals surface area contributed by atoms with E-state index in [-0.39, 0.29) is 10.7 Å². The zero-order valence-corrected chi connectivity index (χ0v) is 13.8. The van der Waals surface area contributed by atoms with Crippen LogP contribution in [-0.4, -0.2) is 16.9 Å². The smallest absolute Gasteiger partial charge is 0.270 e. The van der Waals surface area contributed by atoms with Gasteiger partial charge in [-0.2, -0.15) is 0 Å². The predicted octanol–water partition coefficient (Wildman–Crippen LogP) is 3.32. The van der Waals surface area contributed by atoms with Crippen molar-refractivity contribution in [2.24, 2.45) is 0 Å². The van der Waals surface area contributed by atoms with E-state index in [1.165, 1.54) is 17.2 Å². The summed E-state index contributed by atoms with van der Waals surface area (Å²) in [5.41, 5.74) is 0.497. The highest BCUT2D eigenvalue weighted by atomic mass is 35.5. The molecule has 1 aromatic carbocycles. The first-order valence-corrected chi connectivity index (χ1v) is 7.72. The number of halogens is 1. The van der Waals surface area contributed by atoms with Crippen LogP contribution in [-0.2, 0) is 9.59 Å². The van der Waals surface area contributed by atoms with E-state index in [0.29, 0.717) is 16.5 Å². The van der Waals surface area contributed by atoms with E-state index in [4.69, 9.17) is 28.2 Å². The average Bonchev–Trinajstić information content (AvgIpc) is 3.05. The molecule has 2 heterocycles. The third kappa shape index (κ3) is 3.29. The first-order valence-electron chi connectivity index (χ1n) is 6.93. The molecule has 2 aromatic rings. The average molecular weight is 359 g/mol. The fourth-order valence-corrected chi connectivity index (χ4v) is 2.53. The minimum atomic E-state index is -0.542. The topological polar surface area (TPSA) is 62.6 Å². The Bertz CT molecular complexity index is 854. The Morgan fingerprint density at radius 2 is 1.92 bits per heavy atom. The van der Waals surface area contributed by atoms with E-state index in [1.807, 2.05) is 0 Å². The van der Waals surface area contributed by atoms with Gasteiger partial charge in [0.25, 0.3) is 11.8 Å². The summed E-state index contributed by atoms with van der Waals surface area (Å²) in [5, 5.41) is 3.07. The standard InChI is InChI=1S/C17H11ClN2O3S/c18-11-6-8-12(9-7-11)20-16(22)14(15(21)19-17(20)24)5-1-3-13-4-2-10-23-13/h1-10H,(H,19,21,24)/b3-1+,14-5-. The summed E-state index contributed by atoms with van der Waals surface area (Å²) in [6.07, 6.45) is 6.17. The van der Waals surface area contributed by atoms with Gasteiger partial charge in [-0.25, -0.2) is 0 Å². The van der Waals surface area contributed by atoms with E-state index < -0.39 is 11.8 Å². The molecule has 7 heteroatoms. The highest BCUT2D eigenvalue weighted by Crippen LogP contribution is 2.22. The number of rotatable bonds is 3. The molecule has 3 rings (SSSR count). The minimum absolute atomic E-state index is 0.0265. The number of nitrogens with one attached hydrogen (secondary N) is 1. The molecule has 120 valence electrons. The first kappa shape index (κ1) is 16.2. The van der Waals surface area contributed by atoms with Crippen molar-refractivity contribution < 1.29 is 14.0 Å². The molecular formula is C17H11ClN2O3S. The lowest BCUT2D eigenvalue weighted by Crippen LogP contribution is -2.54. The second-order valence-corrected chi connectivity index (χ2v) is 5.65. The Hall–Kier alpha value is -2.70.